The number of alkyl halides is 3. The molecule has 0 radical (unpaired) electrons. The van der Waals surface area contributed by atoms with Crippen LogP contribution in [0.25, 0.3) is 0 Å². The summed E-state index contributed by atoms with van der Waals surface area (Å²) in [4.78, 5) is 12.7. The number of hydrogen-bond acceptors (Lipinski definition) is 4. The number of benzene rings is 2. The van der Waals surface area contributed by atoms with Crippen molar-refractivity contribution >= 4 is 34.9 Å². The largest absolute Gasteiger partial charge is 0.711 e. The van der Waals surface area contributed by atoms with Crippen LogP contribution in [0.5, 0.6) is 17.2 Å². The van der Waals surface area contributed by atoms with E-state index >= 15 is 0 Å². The fourth-order valence-electron chi connectivity index (χ4n) is 2.34. The minimum Gasteiger partial charge on any atom is -0.711 e. The third-order valence-corrected chi connectivity index (χ3v) is 4.34. The van der Waals surface area contributed by atoms with Crippen molar-refractivity contribution in [1.82, 2.24) is 0 Å². The number of pyridine rings is 1. The second-order valence-corrected chi connectivity index (χ2v) is 6.56. The van der Waals surface area contributed by atoms with Crippen molar-refractivity contribution in [3.8, 4) is 17.2 Å². The molecule has 156 valence electrons. The van der Waals surface area contributed by atoms with Crippen LogP contribution in [0.3, 0.4) is 0 Å². The van der Waals surface area contributed by atoms with Gasteiger partial charge in [0.1, 0.15) is 22.8 Å². The summed E-state index contributed by atoms with van der Waals surface area (Å²) in [7, 11) is 0. The number of hydrogen-bond donors (Lipinski definition) is 1. The summed E-state index contributed by atoms with van der Waals surface area (Å²) in [5.41, 5.74) is -0.0520. The Hall–Kier alpha value is -3.17. The molecule has 3 rings (SSSR count). The van der Waals surface area contributed by atoms with E-state index in [4.69, 9.17) is 27.9 Å². The SMILES string of the molecule is O=C(Nc1cccc[n+]1[O-])c1cc(Cl)c(Cl)cc1Oc1ccc(OC(F)(F)F)cc1. The summed E-state index contributed by atoms with van der Waals surface area (Å²) in [6.45, 7) is 0. The van der Waals surface area contributed by atoms with Gasteiger partial charge in [0.2, 0.25) is 0 Å². The molecular formula is C19H11Cl2F3N2O4. The predicted molar refractivity (Wildman–Crippen MR) is 103 cm³/mol. The van der Waals surface area contributed by atoms with Gasteiger partial charge in [0, 0.05) is 12.1 Å². The molecule has 30 heavy (non-hydrogen) atoms. The molecule has 1 heterocycles. The zero-order valence-electron chi connectivity index (χ0n) is 14.7. The van der Waals surface area contributed by atoms with Gasteiger partial charge in [-0.3, -0.25) is 0 Å². The number of carbonyl (C=O) groups is 1. The Bertz CT molecular complexity index is 1080. The van der Waals surface area contributed by atoms with Crippen molar-refractivity contribution < 1.29 is 32.2 Å². The maximum atomic E-state index is 12.7. The Morgan fingerprint density at radius 2 is 1.63 bits per heavy atom. The normalized spacial score (nSPS) is 11.1. The van der Waals surface area contributed by atoms with Crippen LogP contribution in [0, 0.1) is 5.21 Å². The van der Waals surface area contributed by atoms with Crippen molar-refractivity contribution in [2.24, 2.45) is 0 Å². The smallest absolute Gasteiger partial charge is 0.573 e. The van der Waals surface area contributed by atoms with Crippen LogP contribution in [0.2, 0.25) is 10.0 Å². The molecule has 3 aromatic rings. The lowest BCUT2D eigenvalue weighted by Gasteiger charge is -2.13. The molecule has 1 aromatic heterocycles. The number of nitrogens with zero attached hydrogens (tertiary/aromatic N) is 1. The monoisotopic (exact) mass is 458 g/mol. The number of halogens is 5. The van der Waals surface area contributed by atoms with Crippen LogP contribution < -0.4 is 19.5 Å². The molecule has 0 unspecified atom stereocenters. The molecule has 2 aromatic carbocycles. The minimum atomic E-state index is -4.83. The van der Waals surface area contributed by atoms with Gasteiger partial charge in [-0.1, -0.05) is 29.3 Å². The summed E-state index contributed by atoms with van der Waals surface area (Å²) in [6.07, 6.45) is -3.63. The Kier molecular flexibility index (Phi) is 6.23. The Morgan fingerprint density at radius 1 is 1.00 bits per heavy atom. The number of carbonyl (C=O) groups excluding carboxylic acids is 1. The van der Waals surface area contributed by atoms with Gasteiger partial charge in [0.15, 0.2) is 0 Å². The average molecular weight is 459 g/mol. The third kappa shape index (κ3) is 5.46. The van der Waals surface area contributed by atoms with E-state index in [0.717, 1.165) is 12.1 Å². The standard InChI is InChI=1S/C19H11Cl2F3N2O4/c20-14-9-13(18(27)25-17-3-1-2-8-26(17)28)16(10-15(14)21)29-11-4-6-12(7-5-11)30-19(22,23)24/h1-10H,(H,25,27). The van der Waals surface area contributed by atoms with Gasteiger partial charge in [0.25, 0.3) is 5.82 Å². The number of ether oxygens (including phenoxy) is 2. The summed E-state index contributed by atoms with van der Waals surface area (Å²) < 4.78 is 46.7. The van der Waals surface area contributed by atoms with E-state index in [0.29, 0.717) is 4.73 Å². The highest BCUT2D eigenvalue weighted by molar-refractivity contribution is 6.42. The molecule has 0 saturated carbocycles. The van der Waals surface area contributed by atoms with Crippen molar-refractivity contribution in [2.45, 2.75) is 6.36 Å². The second-order valence-electron chi connectivity index (χ2n) is 5.75. The first-order valence-electron chi connectivity index (χ1n) is 8.14. The summed E-state index contributed by atoms with van der Waals surface area (Å²) in [6, 6.07) is 11.5. The molecule has 1 N–H and O–H groups in total. The van der Waals surface area contributed by atoms with Crippen molar-refractivity contribution in [2.75, 3.05) is 5.32 Å². The van der Waals surface area contributed by atoms with Gasteiger partial charge in [0.05, 0.1) is 16.2 Å². The topological polar surface area (TPSA) is 74.5 Å². The molecule has 0 atom stereocenters. The number of rotatable bonds is 5. The van der Waals surface area contributed by atoms with Crippen LogP contribution in [0.4, 0.5) is 19.0 Å². The van der Waals surface area contributed by atoms with Crippen LogP contribution in [-0.4, -0.2) is 12.3 Å². The molecule has 0 saturated heterocycles. The van der Waals surface area contributed by atoms with Crippen LogP contribution in [-0.2, 0) is 0 Å². The molecule has 0 aliphatic heterocycles. The second kappa shape index (κ2) is 8.68. The zero-order chi connectivity index (χ0) is 21.9. The van der Waals surface area contributed by atoms with E-state index in [2.05, 4.69) is 10.1 Å². The molecule has 0 aliphatic carbocycles. The maximum absolute atomic E-state index is 12.7. The number of nitrogens with one attached hydrogen (secondary N) is 1. The van der Waals surface area contributed by atoms with Gasteiger partial charge in [-0.15, -0.1) is 13.2 Å². The van der Waals surface area contributed by atoms with E-state index in [-0.39, 0.29) is 32.9 Å². The van der Waals surface area contributed by atoms with Gasteiger partial charge in [-0.05, 0) is 36.4 Å². The van der Waals surface area contributed by atoms with Crippen molar-refractivity contribution in [3.05, 3.63) is 81.6 Å². The first-order valence-corrected chi connectivity index (χ1v) is 8.90. The van der Waals surface area contributed by atoms with Crippen LogP contribution >= 0.6 is 23.2 Å². The van der Waals surface area contributed by atoms with E-state index < -0.39 is 18.0 Å². The first-order chi connectivity index (χ1) is 14.1. The average Bonchev–Trinajstić information content (AvgIpc) is 2.66. The van der Waals surface area contributed by atoms with E-state index in [1.54, 1.807) is 6.07 Å². The fourth-order valence-corrected chi connectivity index (χ4v) is 2.65. The van der Waals surface area contributed by atoms with Crippen molar-refractivity contribution in [3.63, 3.8) is 0 Å². The predicted octanol–water partition coefficient (Wildman–Crippen LogP) is 5.57. The highest BCUT2D eigenvalue weighted by Gasteiger charge is 2.31. The van der Waals surface area contributed by atoms with Gasteiger partial charge < -0.3 is 14.7 Å². The van der Waals surface area contributed by atoms with Gasteiger partial charge >= 0.3 is 12.3 Å². The van der Waals surface area contributed by atoms with Crippen LogP contribution in [0.1, 0.15) is 10.4 Å². The summed E-state index contributed by atoms with van der Waals surface area (Å²) >= 11 is 12.0. The highest BCUT2D eigenvalue weighted by Crippen LogP contribution is 2.34. The van der Waals surface area contributed by atoms with E-state index in [1.807, 2.05) is 0 Å². The van der Waals surface area contributed by atoms with Crippen LogP contribution in [0.15, 0.2) is 60.8 Å². The number of amides is 1. The fraction of sp³-hybridized carbons (Fsp3) is 0.0526. The maximum Gasteiger partial charge on any atom is 0.573 e. The third-order valence-electron chi connectivity index (χ3n) is 3.62. The molecule has 1 amide bonds. The zero-order valence-corrected chi connectivity index (χ0v) is 16.3. The minimum absolute atomic E-state index is 0.0280. The van der Waals surface area contributed by atoms with E-state index in [1.165, 1.54) is 42.6 Å². The molecule has 6 nitrogen and oxygen atoms in total. The summed E-state index contributed by atoms with van der Waals surface area (Å²) in [5.74, 6) is -1.11. The van der Waals surface area contributed by atoms with Gasteiger partial charge in [-0.25, -0.2) is 14.8 Å². The summed E-state index contributed by atoms with van der Waals surface area (Å²) in [5, 5.41) is 14.3. The van der Waals surface area contributed by atoms with Gasteiger partial charge in [-0.2, -0.15) is 0 Å². The Morgan fingerprint density at radius 3 is 2.27 bits per heavy atom. The lowest BCUT2D eigenvalue weighted by Crippen LogP contribution is -2.32. The lowest BCUT2D eigenvalue weighted by atomic mass is 10.2. The van der Waals surface area contributed by atoms with E-state index in [9.17, 15) is 23.2 Å². The Balaban J connectivity index is 1.87. The number of aromatic nitrogens is 1. The lowest BCUT2D eigenvalue weighted by molar-refractivity contribution is -0.590. The molecule has 0 spiro atoms. The molecular weight excluding hydrogens is 448 g/mol. The number of anilines is 1. The molecule has 0 bridgehead atoms. The highest BCUT2D eigenvalue weighted by atomic mass is 35.5. The molecule has 0 fully saturated rings. The molecule has 11 heteroatoms. The Labute approximate surface area is 177 Å². The first kappa shape index (κ1) is 21.5. The van der Waals surface area contributed by atoms with Crippen molar-refractivity contribution in [1.29, 1.82) is 0 Å². The molecule has 0 aliphatic rings. The quantitative estimate of drug-likeness (QED) is 0.400.